The minimum absolute atomic E-state index is 0.0289. The van der Waals surface area contributed by atoms with Crippen LogP contribution in [0.25, 0.3) is 0 Å². The second kappa shape index (κ2) is 4.43. The van der Waals surface area contributed by atoms with E-state index in [1.54, 1.807) is 7.11 Å². The number of nitrogens with zero attached hydrogens (tertiary/aromatic N) is 1. The van der Waals surface area contributed by atoms with Crippen molar-refractivity contribution in [3.8, 4) is 0 Å². The maximum Gasteiger partial charge on any atom is 0.0710 e. The van der Waals surface area contributed by atoms with Gasteiger partial charge in [0, 0.05) is 19.1 Å². The molecule has 1 aromatic rings. The van der Waals surface area contributed by atoms with Gasteiger partial charge in [-0.2, -0.15) is 4.37 Å². The molecule has 1 unspecified atom stereocenters. The average Bonchev–Trinajstić information content (AvgIpc) is 2.52. The standard InChI is InChI=1S/C7H12N2OS/c1-10-4-2-6(8)7-3-5-11-9-7/h3,5-6H,2,4,8H2,1H3. The third kappa shape index (κ3) is 2.57. The van der Waals surface area contributed by atoms with Crippen molar-refractivity contribution >= 4 is 11.5 Å². The summed E-state index contributed by atoms with van der Waals surface area (Å²) in [6, 6.07) is 1.98. The van der Waals surface area contributed by atoms with E-state index in [0.29, 0.717) is 6.61 Å². The van der Waals surface area contributed by atoms with E-state index >= 15 is 0 Å². The van der Waals surface area contributed by atoms with Crippen molar-refractivity contribution in [3.63, 3.8) is 0 Å². The van der Waals surface area contributed by atoms with E-state index in [-0.39, 0.29) is 6.04 Å². The molecule has 2 N–H and O–H groups in total. The average molecular weight is 172 g/mol. The Kier molecular flexibility index (Phi) is 3.48. The fourth-order valence-electron chi connectivity index (χ4n) is 0.806. The molecule has 0 fully saturated rings. The van der Waals surface area contributed by atoms with Crippen LogP contribution in [0.1, 0.15) is 18.2 Å². The summed E-state index contributed by atoms with van der Waals surface area (Å²) in [6.07, 6.45) is 0.834. The predicted octanol–water partition coefficient (Wildman–Crippen LogP) is 1.18. The molecule has 0 aliphatic heterocycles. The Hall–Kier alpha value is -0.450. The van der Waals surface area contributed by atoms with Crippen molar-refractivity contribution in [3.05, 3.63) is 17.1 Å². The summed E-state index contributed by atoms with van der Waals surface area (Å²) >= 11 is 1.43. The van der Waals surface area contributed by atoms with Gasteiger partial charge in [-0.1, -0.05) is 0 Å². The third-order valence-electron chi connectivity index (χ3n) is 1.47. The van der Waals surface area contributed by atoms with Crippen LogP contribution < -0.4 is 5.73 Å². The number of methoxy groups -OCH3 is 1. The highest BCUT2D eigenvalue weighted by Crippen LogP contribution is 2.12. The van der Waals surface area contributed by atoms with Crippen LogP contribution in [-0.4, -0.2) is 18.1 Å². The maximum atomic E-state index is 5.79. The molecule has 0 aromatic carbocycles. The van der Waals surface area contributed by atoms with Gasteiger partial charge in [-0.25, -0.2) is 0 Å². The van der Waals surface area contributed by atoms with E-state index in [0.717, 1.165) is 12.1 Å². The molecule has 3 nitrogen and oxygen atoms in total. The van der Waals surface area contributed by atoms with Gasteiger partial charge in [0.05, 0.1) is 11.7 Å². The Bertz CT molecular complexity index is 188. The van der Waals surface area contributed by atoms with E-state index in [4.69, 9.17) is 10.5 Å². The van der Waals surface area contributed by atoms with Crippen LogP contribution in [0.2, 0.25) is 0 Å². The molecule has 1 heterocycles. The third-order valence-corrected chi connectivity index (χ3v) is 2.04. The summed E-state index contributed by atoms with van der Waals surface area (Å²) in [4.78, 5) is 0. The highest BCUT2D eigenvalue weighted by atomic mass is 32.1. The Morgan fingerprint density at radius 2 is 2.64 bits per heavy atom. The first kappa shape index (κ1) is 8.64. The number of hydrogen-bond donors (Lipinski definition) is 1. The second-order valence-electron chi connectivity index (χ2n) is 2.31. The summed E-state index contributed by atoms with van der Waals surface area (Å²) in [7, 11) is 1.67. The lowest BCUT2D eigenvalue weighted by Gasteiger charge is -2.06. The van der Waals surface area contributed by atoms with Crippen molar-refractivity contribution in [2.75, 3.05) is 13.7 Å². The van der Waals surface area contributed by atoms with Gasteiger partial charge in [0.15, 0.2) is 0 Å². The molecule has 4 heteroatoms. The summed E-state index contributed by atoms with van der Waals surface area (Å²) in [5.74, 6) is 0. The summed E-state index contributed by atoms with van der Waals surface area (Å²) < 4.78 is 9.04. The van der Waals surface area contributed by atoms with Crippen LogP contribution >= 0.6 is 11.5 Å². The van der Waals surface area contributed by atoms with Gasteiger partial charge in [0.25, 0.3) is 0 Å². The van der Waals surface area contributed by atoms with Gasteiger partial charge in [0.1, 0.15) is 0 Å². The normalized spacial score (nSPS) is 13.3. The van der Waals surface area contributed by atoms with Crippen molar-refractivity contribution < 1.29 is 4.74 Å². The molecule has 0 aliphatic rings. The topological polar surface area (TPSA) is 48.1 Å². The minimum Gasteiger partial charge on any atom is -0.385 e. The first-order valence-electron chi connectivity index (χ1n) is 3.49. The first-order valence-corrected chi connectivity index (χ1v) is 4.33. The van der Waals surface area contributed by atoms with Crippen molar-refractivity contribution in [2.45, 2.75) is 12.5 Å². The van der Waals surface area contributed by atoms with E-state index in [2.05, 4.69) is 4.37 Å². The fourth-order valence-corrected chi connectivity index (χ4v) is 1.38. The number of nitrogens with two attached hydrogens (primary N) is 1. The lowest BCUT2D eigenvalue weighted by molar-refractivity contribution is 0.188. The largest absolute Gasteiger partial charge is 0.385 e. The van der Waals surface area contributed by atoms with Crippen molar-refractivity contribution in [1.82, 2.24) is 4.37 Å². The highest BCUT2D eigenvalue weighted by molar-refractivity contribution is 7.03. The quantitative estimate of drug-likeness (QED) is 0.742. The molecule has 0 radical (unpaired) electrons. The molecule has 0 bridgehead atoms. The van der Waals surface area contributed by atoms with Crippen LogP contribution in [0.15, 0.2) is 11.4 Å². The van der Waals surface area contributed by atoms with Crippen LogP contribution in [0, 0.1) is 0 Å². The smallest absolute Gasteiger partial charge is 0.0710 e. The maximum absolute atomic E-state index is 5.79. The lowest BCUT2D eigenvalue weighted by Crippen LogP contribution is -2.12. The molecule has 0 saturated heterocycles. The Morgan fingerprint density at radius 1 is 1.82 bits per heavy atom. The molecule has 11 heavy (non-hydrogen) atoms. The minimum atomic E-state index is 0.0289. The molecular weight excluding hydrogens is 160 g/mol. The summed E-state index contributed by atoms with van der Waals surface area (Å²) in [5.41, 5.74) is 6.75. The molecule has 62 valence electrons. The van der Waals surface area contributed by atoms with Gasteiger partial charge in [-0.05, 0) is 24.0 Å². The van der Waals surface area contributed by atoms with Crippen molar-refractivity contribution in [1.29, 1.82) is 0 Å². The Labute approximate surface area is 70.3 Å². The van der Waals surface area contributed by atoms with E-state index in [1.165, 1.54) is 11.5 Å². The van der Waals surface area contributed by atoms with Crippen LogP contribution in [0.3, 0.4) is 0 Å². The predicted molar refractivity (Wildman–Crippen MR) is 45.5 cm³/mol. The number of ether oxygens (including phenoxy) is 1. The van der Waals surface area contributed by atoms with E-state index in [9.17, 15) is 0 Å². The highest BCUT2D eigenvalue weighted by Gasteiger charge is 2.06. The molecule has 0 aliphatic carbocycles. The van der Waals surface area contributed by atoms with Crippen molar-refractivity contribution in [2.24, 2.45) is 5.73 Å². The monoisotopic (exact) mass is 172 g/mol. The zero-order valence-corrected chi connectivity index (χ0v) is 7.30. The van der Waals surface area contributed by atoms with E-state index in [1.807, 2.05) is 11.4 Å². The Morgan fingerprint density at radius 3 is 3.18 bits per heavy atom. The summed E-state index contributed by atoms with van der Waals surface area (Å²) in [6.45, 7) is 0.693. The molecule has 0 amide bonds. The number of rotatable bonds is 4. The zero-order valence-electron chi connectivity index (χ0n) is 6.49. The van der Waals surface area contributed by atoms with Crippen LogP contribution in [-0.2, 0) is 4.74 Å². The molecule has 1 rings (SSSR count). The van der Waals surface area contributed by atoms with Gasteiger partial charge in [-0.3, -0.25) is 0 Å². The molecule has 1 atom stereocenters. The van der Waals surface area contributed by atoms with E-state index < -0.39 is 0 Å². The fraction of sp³-hybridized carbons (Fsp3) is 0.571. The van der Waals surface area contributed by atoms with Gasteiger partial charge in [0.2, 0.25) is 0 Å². The second-order valence-corrected chi connectivity index (χ2v) is 2.98. The molecule has 1 aromatic heterocycles. The van der Waals surface area contributed by atoms with Gasteiger partial charge >= 0.3 is 0 Å². The number of aromatic nitrogens is 1. The van der Waals surface area contributed by atoms with Crippen LogP contribution in [0.4, 0.5) is 0 Å². The van der Waals surface area contributed by atoms with Gasteiger partial charge < -0.3 is 10.5 Å². The molecule has 0 spiro atoms. The number of hydrogen-bond acceptors (Lipinski definition) is 4. The first-order chi connectivity index (χ1) is 5.34. The van der Waals surface area contributed by atoms with Crippen LogP contribution in [0.5, 0.6) is 0 Å². The SMILES string of the molecule is COCCC(N)c1ccsn1. The van der Waals surface area contributed by atoms with Gasteiger partial charge in [-0.15, -0.1) is 0 Å². The lowest BCUT2D eigenvalue weighted by atomic mass is 10.2. The molecule has 0 saturated carbocycles. The zero-order chi connectivity index (χ0) is 8.10. The Balaban J connectivity index is 2.36. The molecular formula is C7H12N2OS. The summed E-state index contributed by atoms with van der Waals surface area (Å²) in [5, 5.41) is 1.93.